The monoisotopic (exact) mass is 227 g/mol. The Morgan fingerprint density at radius 1 is 1.60 bits per heavy atom. The molecular weight excluding hydrogens is 210 g/mol. The van der Waals surface area contributed by atoms with Gasteiger partial charge < -0.3 is 15.4 Å². The molecule has 2 N–H and O–H groups in total. The van der Waals surface area contributed by atoms with E-state index >= 15 is 0 Å². The van der Waals surface area contributed by atoms with E-state index in [1.54, 1.807) is 11.3 Å². The van der Waals surface area contributed by atoms with Gasteiger partial charge in [-0.1, -0.05) is 0 Å². The van der Waals surface area contributed by atoms with Gasteiger partial charge in [-0.2, -0.15) is 0 Å². The first-order chi connectivity index (χ1) is 7.25. The molecule has 1 saturated heterocycles. The number of rotatable bonds is 3. The van der Waals surface area contributed by atoms with Crippen LogP contribution in [0.1, 0.15) is 11.8 Å². The number of nitrogens with zero attached hydrogens (tertiary/aromatic N) is 2. The molecule has 1 aromatic heterocycles. The lowest BCUT2D eigenvalue weighted by molar-refractivity contribution is 0.122. The van der Waals surface area contributed by atoms with Crippen molar-refractivity contribution >= 4 is 16.5 Å². The van der Waals surface area contributed by atoms with Crippen LogP contribution in [0, 0.1) is 0 Å². The van der Waals surface area contributed by atoms with Crippen molar-refractivity contribution in [1.82, 2.24) is 4.98 Å². The number of hydrogen-bond donors (Lipinski definition) is 1. The van der Waals surface area contributed by atoms with Gasteiger partial charge in [0.05, 0.1) is 13.2 Å². The lowest BCUT2D eigenvalue weighted by Gasteiger charge is -2.25. The topological polar surface area (TPSA) is 51.4 Å². The van der Waals surface area contributed by atoms with Crippen molar-refractivity contribution in [3.8, 4) is 0 Å². The Morgan fingerprint density at radius 3 is 3.00 bits per heavy atom. The lowest BCUT2D eigenvalue weighted by Crippen LogP contribution is -2.36. The van der Waals surface area contributed by atoms with Crippen molar-refractivity contribution in [1.29, 1.82) is 0 Å². The quantitative estimate of drug-likeness (QED) is 0.832. The summed E-state index contributed by atoms with van der Waals surface area (Å²) in [5.74, 6) is 0. The summed E-state index contributed by atoms with van der Waals surface area (Å²) in [6.45, 7) is 5.54. The molecule has 84 valence electrons. The molecule has 5 heteroatoms. The fourth-order valence-corrected chi connectivity index (χ4v) is 2.71. The van der Waals surface area contributed by atoms with Gasteiger partial charge in [-0.15, -0.1) is 11.3 Å². The van der Waals surface area contributed by atoms with E-state index in [-0.39, 0.29) is 6.04 Å². The lowest BCUT2D eigenvalue weighted by atomic mass is 10.2. The zero-order valence-electron chi connectivity index (χ0n) is 8.98. The van der Waals surface area contributed by atoms with Crippen LogP contribution in [0.5, 0.6) is 0 Å². The van der Waals surface area contributed by atoms with Crippen molar-refractivity contribution in [2.75, 3.05) is 31.2 Å². The molecule has 0 aromatic carbocycles. The van der Waals surface area contributed by atoms with Gasteiger partial charge in [0.1, 0.15) is 0 Å². The summed E-state index contributed by atoms with van der Waals surface area (Å²) in [6, 6.07) is 0.211. The van der Waals surface area contributed by atoms with Gasteiger partial charge in [-0.25, -0.2) is 4.98 Å². The highest BCUT2D eigenvalue weighted by Crippen LogP contribution is 2.23. The first-order valence-corrected chi connectivity index (χ1v) is 6.10. The minimum absolute atomic E-state index is 0.211. The van der Waals surface area contributed by atoms with E-state index in [0.717, 1.165) is 37.9 Å². The second kappa shape index (κ2) is 4.92. The van der Waals surface area contributed by atoms with Crippen LogP contribution in [0.3, 0.4) is 0 Å². The number of hydrogen-bond acceptors (Lipinski definition) is 5. The third-order valence-electron chi connectivity index (χ3n) is 2.35. The van der Waals surface area contributed by atoms with E-state index < -0.39 is 0 Å². The second-order valence-corrected chi connectivity index (χ2v) is 4.98. The van der Waals surface area contributed by atoms with Crippen LogP contribution >= 0.6 is 11.3 Å². The first-order valence-electron chi connectivity index (χ1n) is 5.28. The number of aromatic nitrogens is 1. The summed E-state index contributed by atoms with van der Waals surface area (Å²) < 4.78 is 5.31. The molecule has 1 atom stereocenters. The molecule has 1 fully saturated rings. The maximum absolute atomic E-state index is 5.76. The fourth-order valence-electron chi connectivity index (χ4n) is 1.61. The average Bonchev–Trinajstić information content (AvgIpc) is 2.67. The summed E-state index contributed by atoms with van der Waals surface area (Å²) in [7, 11) is 0. The summed E-state index contributed by atoms with van der Waals surface area (Å²) in [6.07, 6.45) is 2.86. The first kappa shape index (κ1) is 10.9. The van der Waals surface area contributed by atoms with Crippen molar-refractivity contribution in [3.63, 3.8) is 0 Å². The standard InChI is InChI=1S/C10H17N3OS/c1-8(11)6-9-7-12-10(15-9)13-2-4-14-5-3-13/h7-8H,2-6,11H2,1H3. The van der Waals surface area contributed by atoms with E-state index in [1.165, 1.54) is 4.88 Å². The fraction of sp³-hybridized carbons (Fsp3) is 0.700. The zero-order valence-corrected chi connectivity index (χ0v) is 9.80. The van der Waals surface area contributed by atoms with Crippen LogP contribution in [0.15, 0.2) is 6.20 Å². The Morgan fingerprint density at radius 2 is 2.33 bits per heavy atom. The van der Waals surface area contributed by atoms with Gasteiger partial charge in [0, 0.05) is 30.2 Å². The predicted molar refractivity (Wildman–Crippen MR) is 62.5 cm³/mol. The van der Waals surface area contributed by atoms with Gasteiger partial charge in [-0.3, -0.25) is 0 Å². The number of morpholine rings is 1. The van der Waals surface area contributed by atoms with Crippen LogP contribution in [0.25, 0.3) is 0 Å². The maximum Gasteiger partial charge on any atom is 0.185 e. The molecule has 1 unspecified atom stereocenters. The van der Waals surface area contributed by atoms with E-state index in [9.17, 15) is 0 Å². The number of ether oxygens (including phenoxy) is 1. The number of anilines is 1. The molecule has 15 heavy (non-hydrogen) atoms. The highest BCUT2D eigenvalue weighted by Gasteiger charge is 2.14. The molecule has 1 aliphatic rings. The molecular formula is C10H17N3OS. The highest BCUT2D eigenvalue weighted by molar-refractivity contribution is 7.15. The van der Waals surface area contributed by atoms with Gasteiger partial charge in [0.15, 0.2) is 5.13 Å². The third-order valence-corrected chi connectivity index (χ3v) is 3.43. The molecule has 0 radical (unpaired) electrons. The Balaban J connectivity index is 1.99. The van der Waals surface area contributed by atoms with Crippen molar-refractivity contribution in [2.45, 2.75) is 19.4 Å². The predicted octanol–water partition coefficient (Wildman–Crippen LogP) is 0.869. The van der Waals surface area contributed by atoms with Gasteiger partial charge in [0.25, 0.3) is 0 Å². The van der Waals surface area contributed by atoms with E-state index in [0.29, 0.717) is 0 Å². The minimum atomic E-state index is 0.211. The Kier molecular flexibility index (Phi) is 3.56. The molecule has 1 aromatic rings. The van der Waals surface area contributed by atoms with E-state index in [1.807, 2.05) is 13.1 Å². The van der Waals surface area contributed by atoms with Crippen LogP contribution < -0.4 is 10.6 Å². The van der Waals surface area contributed by atoms with Crippen molar-refractivity contribution in [2.24, 2.45) is 5.73 Å². The molecule has 0 saturated carbocycles. The van der Waals surface area contributed by atoms with Gasteiger partial charge >= 0.3 is 0 Å². The average molecular weight is 227 g/mol. The largest absolute Gasteiger partial charge is 0.378 e. The SMILES string of the molecule is CC(N)Cc1cnc(N2CCOCC2)s1. The summed E-state index contributed by atoms with van der Waals surface area (Å²) in [4.78, 5) is 7.97. The van der Waals surface area contributed by atoms with Gasteiger partial charge in [-0.05, 0) is 13.3 Å². The van der Waals surface area contributed by atoms with Crippen molar-refractivity contribution < 1.29 is 4.74 Å². The van der Waals surface area contributed by atoms with Crippen LogP contribution in [-0.2, 0) is 11.2 Å². The number of thiazole rings is 1. The third kappa shape index (κ3) is 2.90. The van der Waals surface area contributed by atoms with Crippen LogP contribution in [0.4, 0.5) is 5.13 Å². The van der Waals surface area contributed by atoms with E-state index in [2.05, 4.69) is 9.88 Å². The molecule has 0 spiro atoms. The normalized spacial score (nSPS) is 19.2. The Bertz CT molecular complexity index is 307. The van der Waals surface area contributed by atoms with Crippen LogP contribution in [0.2, 0.25) is 0 Å². The van der Waals surface area contributed by atoms with Gasteiger partial charge in [0.2, 0.25) is 0 Å². The highest BCUT2D eigenvalue weighted by atomic mass is 32.1. The zero-order chi connectivity index (χ0) is 10.7. The minimum Gasteiger partial charge on any atom is -0.378 e. The molecule has 0 aliphatic carbocycles. The molecule has 1 aliphatic heterocycles. The number of nitrogens with two attached hydrogens (primary N) is 1. The summed E-state index contributed by atoms with van der Waals surface area (Å²) >= 11 is 1.75. The Labute approximate surface area is 94.1 Å². The van der Waals surface area contributed by atoms with E-state index in [4.69, 9.17) is 10.5 Å². The van der Waals surface area contributed by atoms with Crippen molar-refractivity contribution in [3.05, 3.63) is 11.1 Å². The second-order valence-electron chi connectivity index (χ2n) is 3.89. The summed E-state index contributed by atoms with van der Waals surface area (Å²) in [5.41, 5.74) is 5.76. The Hall–Kier alpha value is -0.650. The maximum atomic E-state index is 5.76. The molecule has 0 amide bonds. The van der Waals surface area contributed by atoms with Crippen LogP contribution in [-0.4, -0.2) is 37.3 Å². The molecule has 2 rings (SSSR count). The summed E-state index contributed by atoms with van der Waals surface area (Å²) in [5, 5.41) is 1.11. The molecule has 4 nitrogen and oxygen atoms in total. The molecule has 0 bridgehead atoms. The smallest absolute Gasteiger partial charge is 0.185 e. The molecule has 2 heterocycles.